The van der Waals surface area contributed by atoms with Crippen molar-refractivity contribution in [2.75, 3.05) is 56.6 Å². The zero-order chi connectivity index (χ0) is 20.3. The number of ether oxygens (including phenoxy) is 1. The Hall–Kier alpha value is -2.58. The lowest BCUT2D eigenvalue weighted by molar-refractivity contribution is 0.0600. The zero-order valence-corrected chi connectivity index (χ0v) is 17.1. The zero-order valence-electron chi connectivity index (χ0n) is 16.3. The SMILES string of the molecule is COC(=O)c1ccc(N(C)S(=O)(=O)c2ccc(N3CCN(C)CC3)cc2)cc1. The molecule has 1 aliphatic heterocycles. The van der Waals surface area contributed by atoms with Crippen molar-refractivity contribution in [3.8, 4) is 0 Å². The average Bonchev–Trinajstić information content (AvgIpc) is 2.73. The molecule has 150 valence electrons. The average molecular weight is 404 g/mol. The van der Waals surface area contributed by atoms with E-state index in [1.807, 2.05) is 12.1 Å². The quantitative estimate of drug-likeness (QED) is 0.712. The van der Waals surface area contributed by atoms with Gasteiger partial charge in [0, 0.05) is 38.9 Å². The summed E-state index contributed by atoms with van der Waals surface area (Å²) in [5, 5.41) is 0. The van der Waals surface area contributed by atoms with E-state index in [4.69, 9.17) is 0 Å². The van der Waals surface area contributed by atoms with Crippen molar-refractivity contribution in [3.63, 3.8) is 0 Å². The van der Waals surface area contributed by atoms with Gasteiger partial charge in [-0.2, -0.15) is 0 Å². The normalized spacial score (nSPS) is 15.3. The number of piperazine rings is 1. The van der Waals surface area contributed by atoms with Gasteiger partial charge in [-0.15, -0.1) is 0 Å². The first-order chi connectivity index (χ1) is 13.3. The van der Waals surface area contributed by atoms with Crippen LogP contribution in [0.3, 0.4) is 0 Å². The monoisotopic (exact) mass is 403 g/mol. The molecule has 0 saturated carbocycles. The summed E-state index contributed by atoms with van der Waals surface area (Å²) in [7, 11) is 1.20. The van der Waals surface area contributed by atoms with Gasteiger partial charge in [0.15, 0.2) is 0 Å². The molecule has 0 N–H and O–H groups in total. The number of carbonyl (C=O) groups is 1. The largest absolute Gasteiger partial charge is 0.465 e. The number of anilines is 2. The van der Waals surface area contributed by atoms with E-state index in [-0.39, 0.29) is 4.90 Å². The lowest BCUT2D eigenvalue weighted by Gasteiger charge is -2.34. The van der Waals surface area contributed by atoms with Crippen LogP contribution in [0.25, 0.3) is 0 Å². The Bertz CT molecular complexity index is 919. The Labute approximate surface area is 166 Å². The van der Waals surface area contributed by atoms with Crippen molar-refractivity contribution in [1.29, 1.82) is 0 Å². The van der Waals surface area contributed by atoms with Crippen LogP contribution in [-0.4, -0.2) is 66.7 Å². The number of hydrogen-bond donors (Lipinski definition) is 0. The highest BCUT2D eigenvalue weighted by Gasteiger charge is 2.22. The van der Waals surface area contributed by atoms with Crippen LogP contribution in [-0.2, 0) is 14.8 Å². The van der Waals surface area contributed by atoms with Crippen molar-refractivity contribution in [3.05, 3.63) is 54.1 Å². The van der Waals surface area contributed by atoms with Gasteiger partial charge in [0.25, 0.3) is 10.0 Å². The Morgan fingerprint density at radius 1 is 0.964 bits per heavy atom. The van der Waals surface area contributed by atoms with Crippen LogP contribution in [0.1, 0.15) is 10.4 Å². The van der Waals surface area contributed by atoms with Crippen LogP contribution in [0.5, 0.6) is 0 Å². The van der Waals surface area contributed by atoms with Gasteiger partial charge < -0.3 is 14.5 Å². The molecule has 0 amide bonds. The summed E-state index contributed by atoms with van der Waals surface area (Å²) in [5.41, 5.74) is 1.86. The number of likely N-dealkylation sites (N-methyl/N-ethyl adjacent to an activating group) is 1. The number of benzene rings is 2. The van der Waals surface area contributed by atoms with E-state index in [0.717, 1.165) is 31.9 Å². The molecule has 0 atom stereocenters. The number of esters is 1. The number of methoxy groups -OCH3 is 1. The van der Waals surface area contributed by atoms with Crippen molar-refractivity contribution < 1.29 is 17.9 Å². The Kier molecular flexibility index (Phi) is 5.90. The van der Waals surface area contributed by atoms with Crippen LogP contribution >= 0.6 is 0 Å². The standard InChI is InChI=1S/C20H25N3O4S/c1-21-12-14-23(15-13-21)18-8-10-19(11-9-18)28(25,26)22(2)17-6-4-16(5-7-17)20(24)27-3/h4-11H,12-15H2,1-3H3. The fraction of sp³-hybridized carbons (Fsp3) is 0.350. The molecule has 1 fully saturated rings. The lowest BCUT2D eigenvalue weighted by atomic mass is 10.2. The molecule has 8 heteroatoms. The van der Waals surface area contributed by atoms with E-state index in [0.29, 0.717) is 11.3 Å². The molecule has 0 aromatic heterocycles. The van der Waals surface area contributed by atoms with Gasteiger partial charge in [-0.1, -0.05) is 0 Å². The summed E-state index contributed by atoms with van der Waals surface area (Å²) in [6.07, 6.45) is 0. The van der Waals surface area contributed by atoms with Crippen LogP contribution in [0.4, 0.5) is 11.4 Å². The van der Waals surface area contributed by atoms with E-state index >= 15 is 0 Å². The number of hydrogen-bond acceptors (Lipinski definition) is 6. The predicted molar refractivity (Wildman–Crippen MR) is 110 cm³/mol. The first-order valence-electron chi connectivity index (χ1n) is 9.04. The van der Waals surface area contributed by atoms with E-state index in [2.05, 4.69) is 21.6 Å². The Morgan fingerprint density at radius 3 is 2.07 bits per heavy atom. The van der Waals surface area contributed by atoms with Crippen LogP contribution in [0.2, 0.25) is 0 Å². The van der Waals surface area contributed by atoms with Gasteiger partial charge in [0.1, 0.15) is 0 Å². The number of rotatable bonds is 5. The maximum absolute atomic E-state index is 13.0. The predicted octanol–water partition coefficient (Wildman–Crippen LogP) is 2.05. The summed E-state index contributed by atoms with van der Waals surface area (Å²) < 4.78 is 31.8. The molecule has 0 unspecified atom stereocenters. The van der Waals surface area contributed by atoms with Gasteiger partial charge in [0.2, 0.25) is 0 Å². The second-order valence-corrected chi connectivity index (χ2v) is 8.76. The molecule has 2 aromatic carbocycles. The molecule has 1 aliphatic rings. The molecule has 1 saturated heterocycles. The van der Waals surface area contributed by atoms with Gasteiger partial charge in [0.05, 0.1) is 23.3 Å². The van der Waals surface area contributed by atoms with Crippen LogP contribution in [0, 0.1) is 0 Å². The highest BCUT2D eigenvalue weighted by Crippen LogP contribution is 2.25. The van der Waals surface area contributed by atoms with Crippen molar-refractivity contribution in [2.24, 2.45) is 0 Å². The molecule has 1 heterocycles. The molecular weight excluding hydrogens is 378 g/mol. The van der Waals surface area contributed by atoms with Crippen molar-refractivity contribution >= 4 is 27.4 Å². The van der Waals surface area contributed by atoms with Crippen LogP contribution < -0.4 is 9.21 Å². The smallest absolute Gasteiger partial charge is 0.337 e. The number of sulfonamides is 1. The highest BCUT2D eigenvalue weighted by atomic mass is 32.2. The second kappa shape index (κ2) is 8.20. The van der Waals surface area contributed by atoms with E-state index in [1.165, 1.54) is 18.5 Å². The molecular formula is C20H25N3O4S. The Morgan fingerprint density at radius 2 is 1.54 bits per heavy atom. The minimum absolute atomic E-state index is 0.227. The third-order valence-electron chi connectivity index (χ3n) is 5.02. The maximum atomic E-state index is 13.0. The summed E-state index contributed by atoms with van der Waals surface area (Å²) >= 11 is 0. The first kappa shape index (κ1) is 20.2. The van der Waals surface area contributed by atoms with Gasteiger partial charge in [-0.05, 0) is 55.6 Å². The molecule has 0 spiro atoms. The minimum Gasteiger partial charge on any atom is -0.465 e. The van der Waals surface area contributed by atoms with E-state index in [9.17, 15) is 13.2 Å². The topological polar surface area (TPSA) is 70.2 Å². The molecule has 7 nitrogen and oxygen atoms in total. The first-order valence-corrected chi connectivity index (χ1v) is 10.5. The van der Waals surface area contributed by atoms with Crippen LogP contribution in [0.15, 0.2) is 53.4 Å². The lowest BCUT2D eigenvalue weighted by Crippen LogP contribution is -2.44. The van der Waals surface area contributed by atoms with E-state index < -0.39 is 16.0 Å². The molecule has 2 aromatic rings. The summed E-state index contributed by atoms with van der Waals surface area (Å²) in [6.45, 7) is 3.83. The van der Waals surface area contributed by atoms with Gasteiger partial charge in [-0.25, -0.2) is 13.2 Å². The van der Waals surface area contributed by atoms with Gasteiger partial charge >= 0.3 is 5.97 Å². The molecule has 28 heavy (non-hydrogen) atoms. The number of carbonyl (C=O) groups excluding carboxylic acids is 1. The summed E-state index contributed by atoms with van der Waals surface area (Å²) in [4.78, 5) is 16.3. The third kappa shape index (κ3) is 4.13. The summed E-state index contributed by atoms with van der Waals surface area (Å²) in [6, 6.07) is 13.3. The second-order valence-electron chi connectivity index (χ2n) is 6.80. The summed E-state index contributed by atoms with van der Waals surface area (Å²) in [5.74, 6) is -0.462. The van der Waals surface area contributed by atoms with Crippen molar-refractivity contribution in [1.82, 2.24) is 4.90 Å². The van der Waals surface area contributed by atoms with Gasteiger partial charge in [-0.3, -0.25) is 4.31 Å². The Balaban J connectivity index is 1.77. The third-order valence-corrected chi connectivity index (χ3v) is 6.82. The maximum Gasteiger partial charge on any atom is 0.337 e. The van der Waals surface area contributed by atoms with E-state index in [1.54, 1.807) is 36.4 Å². The highest BCUT2D eigenvalue weighted by molar-refractivity contribution is 7.92. The fourth-order valence-electron chi connectivity index (χ4n) is 3.12. The van der Waals surface area contributed by atoms with Crippen molar-refractivity contribution in [2.45, 2.75) is 4.90 Å². The number of nitrogens with zero attached hydrogens (tertiary/aromatic N) is 3. The molecule has 3 rings (SSSR count). The fourth-order valence-corrected chi connectivity index (χ4v) is 4.31. The minimum atomic E-state index is -3.70. The molecule has 0 radical (unpaired) electrons. The molecule has 0 bridgehead atoms. The molecule has 0 aliphatic carbocycles.